The molecule has 0 aliphatic heterocycles. The first kappa shape index (κ1) is 18.0. The number of anilines is 1. The fraction of sp³-hybridized carbons (Fsp3) is 0.227. The first-order valence-corrected chi connectivity index (χ1v) is 9.32. The molecule has 142 valence electrons. The SMILES string of the molecule is COc1ccc(C(C)C)cc1-c1cnc2ccc(NCc3ccccn3)nn12. The van der Waals surface area contributed by atoms with Gasteiger partial charge in [0.05, 0.1) is 31.2 Å². The van der Waals surface area contributed by atoms with Crippen LogP contribution in [0, 0.1) is 0 Å². The second kappa shape index (κ2) is 7.68. The van der Waals surface area contributed by atoms with Crippen LogP contribution in [0.1, 0.15) is 31.0 Å². The number of ether oxygens (including phenoxy) is 1. The Morgan fingerprint density at radius 1 is 1.07 bits per heavy atom. The van der Waals surface area contributed by atoms with Crippen LogP contribution in [0.4, 0.5) is 5.82 Å². The minimum absolute atomic E-state index is 0.424. The molecule has 0 saturated carbocycles. The summed E-state index contributed by atoms with van der Waals surface area (Å²) in [5.41, 5.74) is 4.87. The first-order valence-electron chi connectivity index (χ1n) is 9.32. The lowest BCUT2D eigenvalue weighted by molar-refractivity contribution is 0.416. The molecule has 0 fully saturated rings. The lowest BCUT2D eigenvalue weighted by Crippen LogP contribution is -2.06. The summed E-state index contributed by atoms with van der Waals surface area (Å²) in [7, 11) is 1.68. The van der Waals surface area contributed by atoms with Gasteiger partial charge in [-0.15, -0.1) is 5.10 Å². The number of aromatic nitrogens is 4. The summed E-state index contributed by atoms with van der Waals surface area (Å²) in [6.07, 6.45) is 3.63. The van der Waals surface area contributed by atoms with Gasteiger partial charge in [-0.2, -0.15) is 0 Å². The zero-order valence-electron chi connectivity index (χ0n) is 16.3. The second-order valence-corrected chi connectivity index (χ2v) is 6.92. The van der Waals surface area contributed by atoms with Crippen LogP contribution in [-0.4, -0.2) is 26.7 Å². The van der Waals surface area contributed by atoms with E-state index in [0.717, 1.165) is 34.2 Å². The highest BCUT2D eigenvalue weighted by Crippen LogP contribution is 2.33. The van der Waals surface area contributed by atoms with Gasteiger partial charge >= 0.3 is 0 Å². The predicted molar refractivity (Wildman–Crippen MR) is 111 cm³/mol. The van der Waals surface area contributed by atoms with Gasteiger partial charge in [0.1, 0.15) is 11.6 Å². The normalized spacial score (nSPS) is 11.1. The van der Waals surface area contributed by atoms with Gasteiger partial charge in [-0.25, -0.2) is 9.50 Å². The molecule has 3 aromatic heterocycles. The van der Waals surface area contributed by atoms with Crippen molar-refractivity contribution in [3.63, 3.8) is 0 Å². The Morgan fingerprint density at radius 2 is 1.96 bits per heavy atom. The Hall–Kier alpha value is -3.41. The second-order valence-electron chi connectivity index (χ2n) is 6.92. The zero-order valence-corrected chi connectivity index (χ0v) is 16.3. The van der Waals surface area contributed by atoms with E-state index in [1.807, 2.05) is 47.1 Å². The molecular formula is C22H23N5O. The number of methoxy groups -OCH3 is 1. The summed E-state index contributed by atoms with van der Waals surface area (Å²) < 4.78 is 7.45. The van der Waals surface area contributed by atoms with E-state index >= 15 is 0 Å². The fourth-order valence-electron chi connectivity index (χ4n) is 3.12. The number of nitrogens with one attached hydrogen (secondary N) is 1. The monoisotopic (exact) mass is 373 g/mol. The lowest BCUT2D eigenvalue weighted by Gasteiger charge is -2.13. The maximum Gasteiger partial charge on any atom is 0.154 e. The molecule has 4 rings (SSSR count). The zero-order chi connectivity index (χ0) is 19.5. The number of hydrogen-bond donors (Lipinski definition) is 1. The van der Waals surface area contributed by atoms with Crippen molar-refractivity contribution in [2.24, 2.45) is 0 Å². The molecule has 6 nitrogen and oxygen atoms in total. The molecule has 0 aliphatic carbocycles. The standard InChI is InChI=1S/C22H23N5O/c1-15(2)16-7-8-20(28-3)18(12-16)19-14-25-22-10-9-21(26-27(19)22)24-13-17-6-4-5-11-23-17/h4-12,14-15H,13H2,1-3H3,(H,24,26). The Balaban J connectivity index is 1.71. The van der Waals surface area contributed by atoms with Crippen LogP contribution in [0.5, 0.6) is 5.75 Å². The van der Waals surface area contributed by atoms with Crippen LogP contribution >= 0.6 is 0 Å². The van der Waals surface area contributed by atoms with Gasteiger partial charge in [0.25, 0.3) is 0 Å². The smallest absolute Gasteiger partial charge is 0.154 e. The van der Waals surface area contributed by atoms with Crippen LogP contribution in [-0.2, 0) is 6.54 Å². The van der Waals surface area contributed by atoms with Gasteiger partial charge in [-0.05, 0) is 47.9 Å². The van der Waals surface area contributed by atoms with E-state index in [-0.39, 0.29) is 0 Å². The topological polar surface area (TPSA) is 64.3 Å². The molecule has 0 amide bonds. The minimum Gasteiger partial charge on any atom is -0.496 e. The molecule has 0 radical (unpaired) electrons. The van der Waals surface area contributed by atoms with Crippen LogP contribution in [0.2, 0.25) is 0 Å². The number of pyridine rings is 1. The molecule has 1 aromatic carbocycles. The van der Waals surface area contributed by atoms with E-state index < -0.39 is 0 Å². The van der Waals surface area contributed by atoms with Crippen molar-refractivity contribution in [2.45, 2.75) is 26.3 Å². The Labute approximate surface area is 164 Å². The molecule has 1 N–H and O–H groups in total. The Kier molecular flexibility index (Phi) is 4.93. The summed E-state index contributed by atoms with van der Waals surface area (Å²) >= 11 is 0. The predicted octanol–water partition coefficient (Wildman–Crippen LogP) is 4.54. The quantitative estimate of drug-likeness (QED) is 0.538. The van der Waals surface area contributed by atoms with Gasteiger partial charge in [0, 0.05) is 11.8 Å². The minimum atomic E-state index is 0.424. The molecule has 4 aromatic rings. The third kappa shape index (κ3) is 3.53. The van der Waals surface area contributed by atoms with E-state index in [4.69, 9.17) is 9.84 Å². The Bertz CT molecular complexity index is 1090. The molecule has 0 unspecified atom stereocenters. The van der Waals surface area contributed by atoms with Crippen molar-refractivity contribution >= 4 is 11.5 Å². The number of imidazole rings is 1. The maximum atomic E-state index is 5.60. The van der Waals surface area contributed by atoms with Crippen molar-refractivity contribution < 1.29 is 4.74 Å². The Morgan fingerprint density at radius 3 is 2.71 bits per heavy atom. The fourth-order valence-corrected chi connectivity index (χ4v) is 3.12. The molecule has 0 aliphatic rings. The largest absolute Gasteiger partial charge is 0.496 e. The molecule has 6 heteroatoms. The highest BCUT2D eigenvalue weighted by molar-refractivity contribution is 5.71. The molecule has 0 bridgehead atoms. The van der Waals surface area contributed by atoms with E-state index in [2.05, 4.69) is 41.3 Å². The van der Waals surface area contributed by atoms with E-state index in [9.17, 15) is 0 Å². The van der Waals surface area contributed by atoms with E-state index in [1.165, 1.54) is 5.56 Å². The van der Waals surface area contributed by atoms with Crippen LogP contribution in [0.25, 0.3) is 16.9 Å². The average Bonchev–Trinajstić information content (AvgIpc) is 3.15. The third-order valence-electron chi connectivity index (χ3n) is 4.71. The number of hydrogen-bond acceptors (Lipinski definition) is 5. The van der Waals surface area contributed by atoms with Crippen molar-refractivity contribution in [3.05, 3.63) is 72.2 Å². The van der Waals surface area contributed by atoms with E-state index in [0.29, 0.717) is 12.5 Å². The van der Waals surface area contributed by atoms with Crippen LogP contribution < -0.4 is 10.1 Å². The van der Waals surface area contributed by atoms with Crippen LogP contribution in [0.15, 0.2) is 60.9 Å². The van der Waals surface area contributed by atoms with Crippen molar-refractivity contribution in [1.29, 1.82) is 0 Å². The maximum absolute atomic E-state index is 5.60. The highest BCUT2D eigenvalue weighted by Gasteiger charge is 2.14. The summed E-state index contributed by atoms with van der Waals surface area (Å²) in [5, 5.41) is 8.06. The third-order valence-corrected chi connectivity index (χ3v) is 4.71. The lowest BCUT2D eigenvalue weighted by atomic mass is 9.99. The number of nitrogens with zero attached hydrogens (tertiary/aromatic N) is 4. The van der Waals surface area contributed by atoms with Crippen molar-refractivity contribution in [2.75, 3.05) is 12.4 Å². The molecule has 3 heterocycles. The van der Waals surface area contributed by atoms with Gasteiger partial charge in [-0.1, -0.05) is 26.0 Å². The molecule has 28 heavy (non-hydrogen) atoms. The van der Waals surface area contributed by atoms with Crippen molar-refractivity contribution in [1.82, 2.24) is 19.6 Å². The van der Waals surface area contributed by atoms with Gasteiger partial charge in [0.15, 0.2) is 5.65 Å². The van der Waals surface area contributed by atoms with E-state index in [1.54, 1.807) is 13.3 Å². The van der Waals surface area contributed by atoms with Crippen LogP contribution in [0.3, 0.4) is 0 Å². The van der Waals surface area contributed by atoms with Gasteiger partial charge in [-0.3, -0.25) is 4.98 Å². The van der Waals surface area contributed by atoms with Gasteiger partial charge < -0.3 is 10.1 Å². The summed E-state index contributed by atoms with van der Waals surface area (Å²) in [4.78, 5) is 8.84. The number of rotatable bonds is 6. The molecular weight excluding hydrogens is 350 g/mol. The first-order chi connectivity index (χ1) is 13.7. The highest BCUT2D eigenvalue weighted by atomic mass is 16.5. The summed E-state index contributed by atoms with van der Waals surface area (Å²) in [6, 6.07) is 16.0. The van der Waals surface area contributed by atoms with Gasteiger partial charge in [0.2, 0.25) is 0 Å². The number of benzene rings is 1. The molecule has 0 saturated heterocycles. The average molecular weight is 373 g/mol. The molecule has 0 spiro atoms. The van der Waals surface area contributed by atoms with Crippen molar-refractivity contribution in [3.8, 4) is 17.0 Å². The summed E-state index contributed by atoms with van der Waals surface area (Å²) in [6.45, 7) is 4.96. The number of fused-ring (bicyclic) bond motifs is 1. The summed E-state index contributed by atoms with van der Waals surface area (Å²) in [5.74, 6) is 1.99. The molecule has 0 atom stereocenters.